The summed E-state index contributed by atoms with van der Waals surface area (Å²) in [7, 11) is 0. The van der Waals surface area contributed by atoms with Crippen LogP contribution in [-0.4, -0.2) is 16.7 Å². The lowest BCUT2D eigenvalue weighted by atomic mass is 10.1. The quantitative estimate of drug-likeness (QED) is 0.488. The van der Waals surface area contributed by atoms with Crippen LogP contribution in [0.1, 0.15) is 13.8 Å². The number of benzene rings is 1. The SMILES string of the molecule is CC(C)C(N)CSc1ccc([N+](=O)[O-])cc1. The van der Waals surface area contributed by atoms with Crippen molar-refractivity contribution in [3.05, 3.63) is 34.4 Å². The van der Waals surface area contributed by atoms with Crippen molar-refractivity contribution in [1.82, 2.24) is 0 Å². The van der Waals surface area contributed by atoms with E-state index < -0.39 is 4.92 Å². The van der Waals surface area contributed by atoms with Gasteiger partial charge in [-0.2, -0.15) is 0 Å². The largest absolute Gasteiger partial charge is 0.327 e. The number of nitrogens with two attached hydrogens (primary N) is 1. The molecule has 1 atom stereocenters. The van der Waals surface area contributed by atoms with Gasteiger partial charge in [0.05, 0.1) is 4.92 Å². The van der Waals surface area contributed by atoms with Crippen molar-refractivity contribution in [2.75, 3.05) is 5.75 Å². The van der Waals surface area contributed by atoms with Crippen LogP contribution in [0.15, 0.2) is 29.2 Å². The van der Waals surface area contributed by atoms with Crippen LogP contribution >= 0.6 is 11.8 Å². The van der Waals surface area contributed by atoms with Gasteiger partial charge in [0.2, 0.25) is 0 Å². The smallest absolute Gasteiger partial charge is 0.269 e. The fraction of sp³-hybridized carbons (Fsp3) is 0.455. The Hall–Kier alpha value is -1.07. The highest BCUT2D eigenvalue weighted by Crippen LogP contribution is 2.22. The molecule has 0 radical (unpaired) electrons. The number of nitro benzene ring substituents is 1. The predicted octanol–water partition coefficient (Wildman–Crippen LogP) is 2.67. The van der Waals surface area contributed by atoms with E-state index in [1.54, 1.807) is 23.9 Å². The van der Waals surface area contributed by atoms with Crippen molar-refractivity contribution in [3.8, 4) is 0 Å². The number of hydrogen-bond acceptors (Lipinski definition) is 4. The maximum Gasteiger partial charge on any atom is 0.269 e. The number of rotatable bonds is 5. The van der Waals surface area contributed by atoms with E-state index in [2.05, 4.69) is 13.8 Å². The third-order valence-electron chi connectivity index (χ3n) is 2.35. The van der Waals surface area contributed by atoms with Crippen molar-refractivity contribution in [2.45, 2.75) is 24.8 Å². The summed E-state index contributed by atoms with van der Waals surface area (Å²) in [6, 6.07) is 6.71. The standard InChI is InChI=1S/C11H16N2O2S/c1-8(2)11(12)7-16-10-5-3-9(4-6-10)13(14)15/h3-6,8,11H,7,12H2,1-2H3. The summed E-state index contributed by atoms with van der Waals surface area (Å²) in [6.07, 6.45) is 0. The van der Waals surface area contributed by atoms with E-state index in [-0.39, 0.29) is 11.7 Å². The third-order valence-corrected chi connectivity index (χ3v) is 3.50. The molecule has 88 valence electrons. The van der Waals surface area contributed by atoms with Gasteiger partial charge in [0.1, 0.15) is 0 Å². The minimum absolute atomic E-state index is 0.123. The molecule has 2 N–H and O–H groups in total. The second kappa shape index (κ2) is 5.86. The average molecular weight is 240 g/mol. The summed E-state index contributed by atoms with van der Waals surface area (Å²) in [5.41, 5.74) is 6.04. The van der Waals surface area contributed by atoms with Gasteiger partial charge in [0, 0.05) is 28.8 Å². The van der Waals surface area contributed by atoms with Gasteiger partial charge in [-0.3, -0.25) is 10.1 Å². The second-order valence-electron chi connectivity index (χ2n) is 3.97. The Morgan fingerprint density at radius 2 is 1.94 bits per heavy atom. The zero-order valence-electron chi connectivity index (χ0n) is 9.42. The molecule has 0 aliphatic heterocycles. The van der Waals surface area contributed by atoms with Gasteiger partial charge in [0.15, 0.2) is 0 Å². The van der Waals surface area contributed by atoms with Crippen LogP contribution < -0.4 is 5.73 Å². The molecular formula is C11H16N2O2S. The summed E-state index contributed by atoms with van der Waals surface area (Å²) < 4.78 is 0. The van der Waals surface area contributed by atoms with Gasteiger partial charge in [-0.15, -0.1) is 11.8 Å². The molecule has 0 spiro atoms. The van der Waals surface area contributed by atoms with E-state index in [0.717, 1.165) is 10.6 Å². The molecule has 1 rings (SSSR count). The average Bonchev–Trinajstić information content (AvgIpc) is 2.26. The molecule has 0 amide bonds. The zero-order valence-corrected chi connectivity index (χ0v) is 10.2. The maximum absolute atomic E-state index is 10.4. The highest BCUT2D eigenvalue weighted by Gasteiger charge is 2.09. The van der Waals surface area contributed by atoms with Crippen molar-refractivity contribution in [1.29, 1.82) is 0 Å². The van der Waals surface area contributed by atoms with Crippen LogP contribution in [0.25, 0.3) is 0 Å². The highest BCUT2D eigenvalue weighted by atomic mass is 32.2. The number of hydrogen-bond donors (Lipinski definition) is 1. The van der Waals surface area contributed by atoms with Gasteiger partial charge in [-0.1, -0.05) is 13.8 Å². The van der Waals surface area contributed by atoms with E-state index in [4.69, 9.17) is 5.73 Å². The Balaban J connectivity index is 2.53. The van der Waals surface area contributed by atoms with Crippen molar-refractivity contribution in [3.63, 3.8) is 0 Å². The molecule has 0 bridgehead atoms. The summed E-state index contributed by atoms with van der Waals surface area (Å²) in [6.45, 7) is 4.17. The van der Waals surface area contributed by atoms with Crippen LogP contribution in [0.5, 0.6) is 0 Å². The minimum atomic E-state index is -0.395. The fourth-order valence-electron chi connectivity index (χ4n) is 1.05. The molecule has 0 saturated heterocycles. The minimum Gasteiger partial charge on any atom is -0.327 e. The number of nitrogens with zero attached hydrogens (tertiary/aromatic N) is 1. The molecule has 1 unspecified atom stereocenters. The van der Waals surface area contributed by atoms with Gasteiger partial charge in [0.25, 0.3) is 5.69 Å². The van der Waals surface area contributed by atoms with Gasteiger partial charge in [-0.05, 0) is 18.1 Å². The van der Waals surface area contributed by atoms with Gasteiger partial charge < -0.3 is 5.73 Å². The number of non-ortho nitro benzene ring substituents is 1. The molecule has 5 heteroatoms. The lowest BCUT2D eigenvalue weighted by Gasteiger charge is -2.14. The molecule has 4 nitrogen and oxygen atoms in total. The highest BCUT2D eigenvalue weighted by molar-refractivity contribution is 7.99. The van der Waals surface area contributed by atoms with Crippen LogP contribution in [-0.2, 0) is 0 Å². The van der Waals surface area contributed by atoms with E-state index in [0.29, 0.717) is 5.92 Å². The number of nitro groups is 1. The maximum atomic E-state index is 10.4. The van der Waals surface area contributed by atoms with Crippen LogP contribution in [0.2, 0.25) is 0 Å². The third kappa shape index (κ3) is 3.83. The van der Waals surface area contributed by atoms with Crippen LogP contribution in [0, 0.1) is 16.0 Å². The van der Waals surface area contributed by atoms with Crippen LogP contribution in [0.4, 0.5) is 5.69 Å². The lowest BCUT2D eigenvalue weighted by Crippen LogP contribution is -2.28. The Labute approximate surface area is 99.4 Å². The molecule has 0 heterocycles. The molecular weight excluding hydrogens is 224 g/mol. The predicted molar refractivity (Wildman–Crippen MR) is 66.6 cm³/mol. The Bertz CT molecular complexity index is 352. The molecule has 0 aromatic heterocycles. The molecule has 0 saturated carbocycles. The molecule has 0 aliphatic rings. The Kier molecular flexibility index (Phi) is 4.76. The first-order valence-electron chi connectivity index (χ1n) is 5.13. The fourth-order valence-corrected chi connectivity index (χ4v) is 2.15. The van der Waals surface area contributed by atoms with Crippen molar-refractivity contribution < 1.29 is 4.92 Å². The second-order valence-corrected chi connectivity index (χ2v) is 5.06. The first-order chi connectivity index (χ1) is 7.50. The summed E-state index contributed by atoms with van der Waals surface area (Å²) in [5.74, 6) is 1.28. The molecule has 0 aliphatic carbocycles. The van der Waals surface area contributed by atoms with Crippen LogP contribution in [0.3, 0.4) is 0 Å². The Morgan fingerprint density at radius 1 is 1.38 bits per heavy atom. The van der Waals surface area contributed by atoms with E-state index in [1.165, 1.54) is 12.1 Å². The molecule has 1 aromatic carbocycles. The molecule has 0 fully saturated rings. The zero-order chi connectivity index (χ0) is 12.1. The van der Waals surface area contributed by atoms with Gasteiger partial charge >= 0.3 is 0 Å². The Morgan fingerprint density at radius 3 is 2.38 bits per heavy atom. The van der Waals surface area contributed by atoms with Crippen molar-refractivity contribution >= 4 is 17.4 Å². The van der Waals surface area contributed by atoms with E-state index >= 15 is 0 Å². The monoisotopic (exact) mass is 240 g/mol. The first kappa shape index (κ1) is 13.0. The topological polar surface area (TPSA) is 69.2 Å². The van der Waals surface area contributed by atoms with Gasteiger partial charge in [-0.25, -0.2) is 0 Å². The molecule has 16 heavy (non-hydrogen) atoms. The number of thioether (sulfide) groups is 1. The van der Waals surface area contributed by atoms with E-state index in [9.17, 15) is 10.1 Å². The lowest BCUT2D eigenvalue weighted by molar-refractivity contribution is -0.384. The molecule has 1 aromatic rings. The van der Waals surface area contributed by atoms with E-state index in [1.807, 2.05) is 0 Å². The first-order valence-corrected chi connectivity index (χ1v) is 6.12. The van der Waals surface area contributed by atoms with Crippen molar-refractivity contribution in [2.24, 2.45) is 11.7 Å². The summed E-state index contributed by atoms with van der Waals surface area (Å²) >= 11 is 1.63. The summed E-state index contributed by atoms with van der Waals surface area (Å²) in [4.78, 5) is 11.1. The summed E-state index contributed by atoms with van der Waals surface area (Å²) in [5, 5.41) is 10.4. The normalized spacial score (nSPS) is 12.8.